The van der Waals surface area contributed by atoms with E-state index < -0.39 is 0 Å². The second-order valence-corrected chi connectivity index (χ2v) is 1.80. The van der Waals surface area contributed by atoms with Crippen LogP contribution in [-0.2, 0) is 0 Å². The smallest absolute Gasteiger partial charge is 0.123 e. The molecular formula is C7H8FI. The van der Waals surface area contributed by atoms with Crippen molar-refractivity contribution in [3.8, 4) is 0 Å². The Hall–Kier alpha value is -0.120. The third-order valence-electron chi connectivity index (χ3n) is 1.01. The number of aryl methyl sites for hydroxylation is 1. The van der Waals surface area contributed by atoms with Gasteiger partial charge in [-0.2, -0.15) is 0 Å². The molecule has 1 aromatic rings. The average molecular weight is 238 g/mol. The molecule has 0 saturated heterocycles. The van der Waals surface area contributed by atoms with Gasteiger partial charge in [-0.15, -0.1) is 24.0 Å². The van der Waals surface area contributed by atoms with E-state index in [0.29, 0.717) is 0 Å². The van der Waals surface area contributed by atoms with Gasteiger partial charge in [0.15, 0.2) is 0 Å². The van der Waals surface area contributed by atoms with Crippen molar-refractivity contribution in [1.29, 1.82) is 0 Å². The molecule has 0 aromatic heterocycles. The molecule has 0 saturated carbocycles. The molecule has 1 rings (SSSR count). The van der Waals surface area contributed by atoms with Crippen LogP contribution in [0.3, 0.4) is 0 Å². The molecule has 0 bridgehead atoms. The maximum absolute atomic E-state index is 12.1. The second-order valence-electron chi connectivity index (χ2n) is 1.80. The van der Waals surface area contributed by atoms with Crippen LogP contribution in [0.2, 0.25) is 0 Å². The predicted molar refractivity (Wildman–Crippen MR) is 46.6 cm³/mol. The van der Waals surface area contributed by atoms with Gasteiger partial charge in [-0.3, -0.25) is 0 Å². The quantitative estimate of drug-likeness (QED) is 0.609. The lowest BCUT2D eigenvalue weighted by Crippen LogP contribution is -1.71. The Bertz CT molecular complexity index is 148. The maximum Gasteiger partial charge on any atom is 0.123 e. The van der Waals surface area contributed by atoms with Gasteiger partial charge in [0.2, 0.25) is 0 Å². The first kappa shape index (κ1) is 8.88. The van der Waals surface area contributed by atoms with Gasteiger partial charge in [-0.05, 0) is 19.1 Å². The molecule has 0 unspecified atom stereocenters. The number of rotatable bonds is 0. The highest BCUT2D eigenvalue weighted by molar-refractivity contribution is 14.0. The van der Waals surface area contributed by atoms with E-state index in [1.54, 1.807) is 12.1 Å². The number of halogens is 2. The molecule has 0 aliphatic carbocycles. The summed E-state index contributed by atoms with van der Waals surface area (Å²) in [6, 6.07) is 6.40. The molecule has 50 valence electrons. The van der Waals surface area contributed by atoms with Crippen LogP contribution in [0.25, 0.3) is 0 Å². The fraction of sp³-hybridized carbons (Fsp3) is 0.143. The summed E-state index contributed by atoms with van der Waals surface area (Å²) in [4.78, 5) is 0. The van der Waals surface area contributed by atoms with E-state index in [2.05, 4.69) is 0 Å². The summed E-state index contributed by atoms with van der Waals surface area (Å²) in [5.41, 5.74) is 1.09. The topological polar surface area (TPSA) is 0 Å². The molecule has 0 radical (unpaired) electrons. The van der Waals surface area contributed by atoms with Gasteiger partial charge in [0, 0.05) is 0 Å². The zero-order chi connectivity index (χ0) is 5.98. The molecule has 0 spiro atoms. The molecular weight excluding hydrogens is 230 g/mol. The third kappa shape index (κ3) is 2.79. The molecule has 0 N–H and O–H groups in total. The van der Waals surface area contributed by atoms with Crippen molar-refractivity contribution in [3.63, 3.8) is 0 Å². The van der Waals surface area contributed by atoms with Gasteiger partial charge in [-0.1, -0.05) is 17.7 Å². The largest absolute Gasteiger partial charge is 0.207 e. The van der Waals surface area contributed by atoms with Gasteiger partial charge >= 0.3 is 0 Å². The first-order valence-corrected chi connectivity index (χ1v) is 2.51. The zero-order valence-corrected chi connectivity index (χ0v) is 7.43. The molecule has 0 aliphatic rings. The van der Waals surface area contributed by atoms with Crippen molar-refractivity contribution in [1.82, 2.24) is 0 Å². The van der Waals surface area contributed by atoms with E-state index in [4.69, 9.17) is 0 Å². The summed E-state index contributed by atoms with van der Waals surface area (Å²) in [5.74, 6) is -0.171. The Balaban J connectivity index is 0.000000640. The second kappa shape index (κ2) is 3.82. The first-order valence-electron chi connectivity index (χ1n) is 2.51. The third-order valence-corrected chi connectivity index (χ3v) is 1.01. The summed E-state index contributed by atoms with van der Waals surface area (Å²) >= 11 is 0. The normalized spacial score (nSPS) is 8.22. The average Bonchev–Trinajstić information content (AvgIpc) is 1.77. The summed E-state index contributed by atoms with van der Waals surface area (Å²) in [6.45, 7) is 1.93. The van der Waals surface area contributed by atoms with Crippen LogP contribution in [-0.4, -0.2) is 0 Å². The minimum Gasteiger partial charge on any atom is -0.207 e. The molecule has 0 atom stereocenters. The summed E-state index contributed by atoms with van der Waals surface area (Å²) in [6.07, 6.45) is 0. The summed E-state index contributed by atoms with van der Waals surface area (Å²) in [7, 11) is 0. The summed E-state index contributed by atoms with van der Waals surface area (Å²) < 4.78 is 12.1. The Morgan fingerprint density at radius 3 is 1.89 bits per heavy atom. The van der Waals surface area contributed by atoms with Gasteiger partial charge in [-0.25, -0.2) is 4.39 Å². The standard InChI is InChI=1S/C7H7F.HI/c1-6-2-4-7(8)5-3-6;/h2-5H,1H3;1H. The molecule has 9 heavy (non-hydrogen) atoms. The Morgan fingerprint density at radius 1 is 1.11 bits per heavy atom. The minimum absolute atomic E-state index is 0. The van der Waals surface area contributed by atoms with Crippen molar-refractivity contribution >= 4 is 24.0 Å². The number of benzene rings is 1. The molecule has 0 amide bonds. The lowest BCUT2D eigenvalue weighted by Gasteiger charge is -1.87. The van der Waals surface area contributed by atoms with Crippen molar-refractivity contribution < 1.29 is 4.39 Å². The van der Waals surface area contributed by atoms with Gasteiger partial charge in [0.05, 0.1) is 0 Å². The Kier molecular flexibility index (Phi) is 3.77. The number of hydrogen-bond acceptors (Lipinski definition) is 0. The van der Waals surface area contributed by atoms with Crippen LogP contribution >= 0.6 is 24.0 Å². The Labute approximate surface area is 71.1 Å². The predicted octanol–water partition coefficient (Wildman–Crippen LogP) is 2.75. The fourth-order valence-electron chi connectivity index (χ4n) is 0.533. The minimum atomic E-state index is -0.171. The van der Waals surface area contributed by atoms with Gasteiger partial charge in [0.25, 0.3) is 0 Å². The highest BCUT2D eigenvalue weighted by Crippen LogP contribution is 1.98. The highest BCUT2D eigenvalue weighted by Gasteiger charge is 1.83. The van der Waals surface area contributed by atoms with E-state index in [9.17, 15) is 4.39 Å². The SMILES string of the molecule is Cc1ccc(F)cc1.I. The van der Waals surface area contributed by atoms with Crippen molar-refractivity contribution in [2.24, 2.45) is 0 Å². The van der Waals surface area contributed by atoms with E-state index >= 15 is 0 Å². The molecule has 2 heteroatoms. The molecule has 0 nitrogen and oxygen atoms in total. The lowest BCUT2D eigenvalue weighted by molar-refractivity contribution is 0.627. The van der Waals surface area contributed by atoms with Crippen LogP contribution in [0.4, 0.5) is 4.39 Å². The lowest BCUT2D eigenvalue weighted by atomic mass is 10.2. The van der Waals surface area contributed by atoms with E-state index in [0.717, 1.165) is 5.56 Å². The summed E-state index contributed by atoms with van der Waals surface area (Å²) in [5, 5.41) is 0. The first-order chi connectivity index (χ1) is 3.79. The van der Waals surface area contributed by atoms with Crippen LogP contribution in [0.1, 0.15) is 5.56 Å². The van der Waals surface area contributed by atoms with Crippen LogP contribution in [0.5, 0.6) is 0 Å². The van der Waals surface area contributed by atoms with E-state index in [1.807, 2.05) is 6.92 Å². The van der Waals surface area contributed by atoms with Gasteiger partial charge in [0.1, 0.15) is 5.82 Å². The van der Waals surface area contributed by atoms with Crippen molar-refractivity contribution in [3.05, 3.63) is 35.6 Å². The van der Waals surface area contributed by atoms with Crippen molar-refractivity contribution in [2.45, 2.75) is 6.92 Å². The van der Waals surface area contributed by atoms with Gasteiger partial charge < -0.3 is 0 Å². The maximum atomic E-state index is 12.1. The van der Waals surface area contributed by atoms with Crippen molar-refractivity contribution in [2.75, 3.05) is 0 Å². The zero-order valence-electron chi connectivity index (χ0n) is 5.10. The molecule has 1 aromatic carbocycles. The fourth-order valence-corrected chi connectivity index (χ4v) is 0.533. The number of hydrogen-bond donors (Lipinski definition) is 0. The highest BCUT2D eigenvalue weighted by atomic mass is 127. The molecule has 0 heterocycles. The van der Waals surface area contributed by atoms with E-state index in [1.165, 1.54) is 12.1 Å². The Morgan fingerprint density at radius 2 is 1.56 bits per heavy atom. The monoisotopic (exact) mass is 238 g/mol. The molecule has 0 aliphatic heterocycles. The molecule has 0 fully saturated rings. The van der Waals surface area contributed by atoms with Crippen LogP contribution in [0, 0.1) is 12.7 Å². The van der Waals surface area contributed by atoms with Crippen LogP contribution < -0.4 is 0 Å². The van der Waals surface area contributed by atoms with E-state index in [-0.39, 0.29) is 29.8 Å². The van der Waals surface area contributed by atoms with Crippen LogP contribution in [0.15, 0.2) is 24.3 Å².